The zero-order valence-electron chi connectivity index (χ0n) is 15.3. The van der Waals surface area contributed by atoms with Crippen molar-refractivity contribution in [1.82, 2.24) is 19.7 Å². The highest BCUT2D eigenvalue weighted by atomic mass is 16.1. The van der Waals surface area contributed by atoms with Crippen molar-refractivity contribution >= 4 is 17.0 Å². The molecule has 2 N–H and O–H groups in total. The molecule has 2 aliphatic carbocycles. The quantitative estimate of drug-likeness (QED) is 0.762. The van der Waals surface area contributed by atoms with Crippen LogP contribution in [0.3, 0.4) is 0 Å². The molecule has 1 saturated carbocycles. The van der Waals surface area contributed by atoms with Crippen LogP contribution in [0.5, 0.6) is 0 Å². The average molecular weight is 349 g/mol. The van der Waals surface area contributed by atoms with Gasteiger partial charge in [0.2, 0.25) is 5.95 Å². The zero-order valence-corrected chi connectivity index (χ0v) is 15.3. The van der Waals surface area contributed by atoms with Crippen molar-refractivity contribution in [3.8, 4) is 0 Å². The number of fused-ring (bicyclic) bond motifs is 4. The van der Waals surface area contributed by atoms with Crippen LogP contribution in [0, 0.1) is 11.8 Å². The summed E-state index contributed by atoms with van der Waals surface area (Å²) in [6, 6.07) is 8.75. The molecule has 6 nitrogen and oxygen atoms in total. The van der Waals surface area contributed by atoms with E-state index in [2.05, 4.69) is 65.4 Å². The Morgan fingerprint density at radius 3 is 2.92 bits per heavy atom. The first-order valence-corrected chi connectivity index (χ1v) is 9.24. The van der Waals surface area contributed by atoms with E-state index in [9.17, 15) is 4.79 Å². The molecule has 1 fully saturated rings. The molecule has 134 valence electrons. The topological polar surface area (TPSA) is 75.6 Å². The number of aromatic amines is 1. The van der Waals surface area contributed by atoms with Gasteiger partial charge in [0.1, 0.15) is 5.39 Å². The molecule has 3 aromatic rings. The van der Waals surface area contributed by atoms with Gasteiger partial charge in [0.15, 0.2) is 5.65 Å². The normalized spacial score (nSPS) is 23.7. The number of nitrogens with one attached hydrogen (secondary N) is 2. The highest BCUT2D eigenvalue weighted by Gasteiger charge is 2.54. The molecule has 0 saturated heterocycles. The van der Waals surface area contributed by atoms with E-state index in [1.807, 2.05) is 4.68 Å². The van der Waals surface area contributed by atoms with E-state index in [0.29, 0.717) is 28.8 Å². The summed E-state index contributed by atoms with van der Waals surface area (Å²) in [5.41, 5.74) is 3.27. The molecule has 0 bridgehead atoms. The van der Waals surface area contributed by atoms with Crippen molar-refractivity contribution in [2.24, 2.45) is 11.8 Å². The van der Waals surface area contributed by atoms with Gasteiger partial charge < -0.3 is 5.32 Å². The molecular formula is C20H23N5O. The molecule has 0 radical (unpaired) electrons. The fourth-order valence-electron chi connectivity index (χ4n) is 4.47. The summed E-state index contributed by atoms with van der Waals surface area (Å²) in [5, 5.41) is 8.24. The Morgan fingerprint density at radius 2 is 2.12 bits per heavy atom. The Hall–Kier alpha value is -2.63. The summed E-state index contributed by atoms with van der Waals surface area (Å²) in [4.78, 5) is 19.9. The standard InChI is InChI=1S/C20H23N5O/c1-20(2,3)25-17-15(10-22-25)18(26)24-19(23-17)21-9-14-13-8-11-6-4-5-7-12(11)16(13)14/h4-7,10,13-14,16H,8-9H2,1-3H3,(H2,21,23,24,26). The Balaban J connectivity index is 1.38. The highest BCUT2D eigenvalue weighted by molar-refractivity contribution is 5.74. The maximum Gasteiger partial charge on any atom is 0.263 e. The van der Waals surface area contributed by atoms with Gasteiger partial charge in [0.05, 0.1) is 11.7 Å². The molecule has 6 heteroatoms. The molecule has 5 rings (SSSR count). The predicted octanol–water partition coefficient (Wildman–Crippen LogP) is 2.87. The Morgan fingerprint density at radius 1 is 1.31 bits per heavy atom. The number of benzene rings is 1. The van der Waals surface area contributed by atoms with E-state index in [-0.39, 0.29) is 11.1 Å². The van der Waals surface area contributed by atoms with E-state index < -0.39 is 0 Å². The number of H-pyrrole nitrogens is 1. The minimum Gasteiger partial charge on any atom is -0.355 e. The number of anilines is 1. The molecule has 2 aliphatic rings. The maximum absolute atomic E-state index is 12.4. The second kappa shape index (κ2) is 5.19. The number of aromatic nitrogens is 4. The lowest BCUT2D eigenvalue weighted by Gasteiger charge is -2.19. The van der Waals surface area contributed by atoms with Crippen LogP contribution in [0.1, 0.15) is 37.8 Å². The molecule has 3 atom stereocenters. The maximum atomic E-state index is 12.4. The van der Waals surface area contributed by atoms with Gasteiger partial charge in [-0.2, -0.15) is 10.1 Å². The summed E-state index contributed by atoms with van der Waals surface area (Å²) in [7, 11) is 0. The van der Waals surface area contributed by atoms with Gasteiger partial charge in [-0.05, 0) is 56.1 Å². The first kappa shape index (κ1) is 15.6. The molecule has 0 spiro atoms. The first-order chi connectivity index (χ1) is 12.4. The third-order valence-corrected chi connectivity index (χ3v) is 5.78. The number of hydrogen-bond donors (Lipinski definition) is 2. The van der Waals surface area contributed by atoms with Gasteiger partial charge in [-0.3, -0.25) is 9.78 Å². The molecular weight excluding hydrogens is 326 g/mol. The molecule has 1 aromatic carbocycles. The molecule has 0 aliphatic heterocycles. The lowest BCUT2D eigenvalue weighted by atomic mass is 10.0. The third kappa shape index (κ3) is 2.28. The number of nitrogens with zero attached hydrogens (tertiary/aromatic N) is 3. The summed E-state index contributed by atoms with van der Waals surface area (Å²) in [5.74, 6) is 2.55. The molecule has 0 amide bonds. The van der Waals surface area contributed by atoms with Crippen LogP contribution in [-0.2, 0) is 12.0 Å². The highest BCUT2D eigenvalue weighted by Crippen LogP contribution is 2.61. The largest absolute Gasteiger partial charge is 0.355 e. The van der Waals surface area contributed by atoms with E-state index in [1.165, 1.54) is 17.5 Å². The van der Waals surface area contributed by atoms with E-state index in [0.717, 1.165) is 12.5 Å². The van der Waals surface area contributed by atoms with Crippen molar-refractivity contribution in [1.29, 1.82) is 0 Å². The Kier molecular flexibility index (Phi) is 3.12. The molecule has 26 heavy (non-hydrogen) atoms. The van der Waals surface area contributed by atoms with Crippen molar-refractivity contribution in [2.45, 2.75) is 38.6 Å². The van der Waals surface area contributed by atoms with Crippen LogP contribution in [-0.4, -0.2) is 26.3 Å². The number of rotatable bonds is 3. The smallest absolute Gasteiger partial charge is 0.263 e. The van der Waals surface area contributed by atoms with E-state index >= 15 is 0 Å². The summed E-state index contributed by atoms with van der Waals surface area (Å²) in [6.07, 6.45) is 2.77. The van der Waals surface area contributed by atoms with Gasteiger partial charge in [0, 0.05) is 6.54 Å². The van der Waals surface area contributed by atoms with Gasteiger partial charge in [-0.1, -0.05) is 24.3 Å². The van der Waals surface area contributed by atoms with Gasteiger partial charge >= 0.3 is 0 Å². The molecule has 2 heterocycles. The minimum absolute atomic E-state index is 0.144. The SMILES string of the molecule is CC(C)(C)n1ncc2c(=O)[nH]c(NCC3C4Cc5ccccc5C34)nc21. The molecule has 3 unspecified atom stereocenters. The Labute approximate surface area is 151 Å². The lowest BCUT2D eigenvalue weighted by Crippen LogP contribution is -2.24. The van der Waals surface area contributed by atoms with E-state index in [4.69, 9.17) is 0 Å². The Bertz CT molecular complexity index is 1060. The van der Waals surface area contributed by atoms with Crippen LogP contribution >= 0.6 is 0 Å². The fraction of sp³-hybridized carbons (Fsp3) is 0.450. The van der Waals surface area contributed by atoms with Crippen molar-refractivity contribution < 1.29 is 0 Å². The lowest BCUT2D eigenvalue weighted by molar-refractivity contribution is 0.366. The third-order valence-electron chi connectivity index (χ3n) is 5.78. The average Bonchev–Trinajstić information content (AvgIpc) is 2.95. The number of hydrogen-bond acceptors (Lipinski definition) is 4. The van der Waals surface area contributed by atoms with Gasteiger partial charge in [0.25, 0.3) is 5.56 Å². The van der Waals surface area contributed by atoms with Gasteiger partial charge in [-0.25, -0.2) is 4.68 Å². The summed E-state index contributed by atoms with van der Waals surface area (Å²) >= 11 is 0. The zero-order chi connectivity index (χ0) is 18.1. The molecule has 2 aromatic heterocycles. The second-order valence-corrected chi connectivity index (χ2v) is 8.52. The second-order valence-electron chi connectivity index (χ2n) is 8.52. The summed E-state index contributed by atoms with van der Waals surface area (Å²) < 4.78 is 1.81. The monoisotopic (exact) mass is 349 g/mol. The van der Waals surface area contributed by atoms with Crippen LogP contribution in [0.25, 0.3) is 11.0 Å². The van der Waals surface area contributed by atoms with Gasteiger partial charge in [-0.15, -0.1) is 0 Å². The fourth-order valence-corrected chi connectivity index (χ4v) is 4.47. The minimum atomic E-state index is -0.225. The summed E-state index contributed by atoms with van der Waals surface area (Å²) in [6.45, 7) is 7.00. The van der Waals surface area contributed by atoms with Crippen LogP contribution in [0.2, 0.25) is 0 Å². The van der Waals surface area contributed by atoms with Crippen molar-refractivity contribution in [3.63, 3.8) is 0 Å². The first-order valence-electron chi connectivity index (χ1n) is 9.24. The predicted molar refractivity (Wildman–Crippen MR) is 102 cm³/mol. The van der Waals surface area contributed by atoms with Crippen LogP contribution in [0.15, 0.2) is 35.3 Å². The van der Waals surface area contributed by atoms with Crippen LogP contribution in [0.4, 0.5) is 5.95 Å². The van der Waals surface area contributed by atoms with Crippen molar-refractivity contribution in [2.75, 3.05) is 11.9 Å². The van der Waals surface area contributed by atoms with Crippen LogP contribution < -0.4 is 10.9 Å². The van der Waals surface area contributed by atoms with E-state index in [1.54, 1.807) is 6.20 Å². The van der Waals surface area contributed by atoms with Crippen molar-refractivity contribution in [3.05, 3.63) is 51.9 Å².